The Hall–Kier alpha value is -1.13. The number of rotatable bonds is 5. The summed E-state index contributed by atoms with van der Waals surface area (Å²) in [5.74, 6) is 0.923. The fourth-order valence-corrected chi connectivity index (χ4v) is 1.98. The summed E-state index contributed by atoms with van der Waals surface area (Å²) in [6.45, 7) is 7.03. The molecule has 1 aromatic rings. The third kappa shape index (κ3) is 4.32. The van der Waals surface area contributed by atoms with Crippen LogP contribution in [0.1, 0.15) is 25.0 Å². The quantitative estimate of drug-likeness (QED) is 0.811. The Bertz CT molecular complexity index is 371. The number of nitrogens with zero attached hydrogens (tertiary/aromatic N) is 2. The van der Waals surface area contributed by atoms with Crippen molar-refractivity contribution in [1.29, 1.82) is 0 Å². The maximum Gasteiger partial charge on any atom is 0.131 e. The predicted octanol–water partition coefficient (Wildman–Crippen LogP) is 1.32. The van der Waals surface area contributed by atoms with E-state index in [1.807, 2.05) is 32.1 Å². The van der Waals surface area contributed by atoms with Gasteiger partial charge in [0.1, 0.15) is 5.82 Å². The Balaban J connectivity index is 2.84. The van der Waals surface area contributed by atoms with Crippen LogP contribution in [-0.2, 0) is 6.54 Å². The van der Waals surface area contributed by atoms with Crippen molar-refractivity contribution in [3.63, 3.8) is 0 Å². The van der Waals surface area contributed by atoms with Gasteiger partial charge in [-0.3, -0.25) is 0 Å². The zero-order chi connectivity index (χ0) is 13.1. The fourth-order valence-electron chi connectivity index (χ4n) is 1.98. The van der Waals surface area contributed by atoms with Crippen LogP contribution in [-0.4, -0.2) is 36.3 Å². The van der Waals surface area contributed by atoms with Crippen molar-refractivity contribution in [1.82, 2.24) is 10.3 Å². The van der Waals surface area contributed by atoms with E-state index in [0.717, 1.165) is 17.9 Å². The summed E-state index contributed by atoms with van der Waals surface area (Å²) in [5.41, 5.74) is 1.59. The van der Waals surface area contributed by atoms with Gasteiger partial charge in [0.2, 0.25) is 0 Å². The smallest absolute Gasteiger partial charge is 0.131 e. The van der Waals surface area contributed by atoms with Gasteiger partial charge >= 0.3 is 0 Å². The Kier molecular flexibility index (Phi) is 4.48. The molecule has 0 saturated heterocycles. The van der Waals surface area contributed by atoms with Crippen molar-refractivity contribution in [3.8, 4) is 0 Å². The van der Waals surface area contributed by atoms with Crippen LogP contribution >= 0.6 is 0 Å². The average molecular weight is 237 g/mol. The molecule has 0 bridgehead atoms. The van der Waals surface area contributed by atoms with Crippen molar-refractivity contribution in [2.24, 2.45) is 0 Å². The zero-order valence-electron chi connectivity index (χ0n) is 11.4. The molecule has 17 heavy (non-hydrogen) atoms. The number of likely N-dealkylation sites (N-methyl/N-ethyl adjacent to an activating group) is 1. The van der Waals surface area contributed by atoms with Gasteiger partial charge in [-0.05, 0) is 45.0 Å². The molecule has 96 valence electrons. The zero-order valence-corrected chi connectivity index (χ0v) is 11.4. The lowest BCUT2D eigenvalue weighted by Gasteiger charge is -2.27. The summed E-state index contributed by atoms with van der Waals surface area (Å²) in [6, 6.07) is 2.12. The minimum Gasteiger partial charge on any atom is -0.389 e. The number of anilines is 1. The lowest BCUT2D eigenvalue weighted by atomic mass is 10.1. The number of aliphatic hydroxyl groups is 1. The molecule has 0 spiro atoms. The van der Waals surface area contributed by atoms with Crippen molar-refractivity contribution in [2.45, 2.75) is 32.9 Å². The molecule has 0 fully saturated rings. The molecule has 0 unspecified atom stereocenters. The summed E-state index contributed by atoms with van der Waals surface area (Å²) in [7, 11) is 3.87. The van der Waals surface area contributed by atoms with E-state index >= 15 is 0 Å². The molecular formula is C13H23N3O. The maximum atomic E-state index is 9.80. The monoisotopic (exact) mass is 237 g/mol. The second-order valence-electron chi connectivity index (χ2n) is 5.18. The minimum atomic E-state index is -0.716. The second-order valence-corrected chi connectivity index (χ2v) is 5.18. The minimum absolute atomic E-state index is 0.562. The molecular weight excluding hydrogens is 214 g/mol. The first-order chi connectivity index (χ1) is 7.83. The van der Waals surface area contributed by atoms with E-state index in [0.29, 0.717) is 6.54 Å². The number of aromatic nitrogens is 1. The molecule has 4 heteroatoms. The number of pyridine rings is 1. The SMILES string of the molecule is CNCc1cnc(N(C)CC(C)(C)O)c(C)c1. The normalized spacial score (nSPS) is 11.6. The molecule has 4 nitrogen and oxygen atoms in total. The van der Waals surface area contributed by atoms with E-state index in [2.05, 4.69) is 16.4 Å². The highest BCUT2D eigenvalue weighted by Gasteiger charge is 2.17. The highest BCUT2D eigenvalue weighted by molar-refractivity contribution is 5.46. The van der Waals surface area contributed by atoms with Gasteiger partial charge in [-0.2, -0.15) is 0 Å². The van der Waals surface area contributed by atoms with E-state index in [1.54, 1.807) is 13.8 Å². The third-order valence-corrected chi connectivity index (χ3v) is 2.47. The number of hydrogen-bond acceptors (Lipinski definition) is 4. The fraction of sp³-hybridized carbons (Fsp3) is 0.615. The first kappa shape index (κ1) is 13.9. The molecule has 0 aromatic carbocycles. The molecule has 1 heterocycles. The number of hydrogen-bond donors (Lipinski definition) is 2. The van der Waals surface area contributed by atoms with Crippen molar-refractivity contribution >= 4 is 5.82 Å². The summed E-state index contributed by atoms with van der Waals surface area (Å²) in [6.07, 6.45) is 1.87. The van der Waals surface area contributed by atoms with Crippen molar-refractivity contribution in [2.75, 3.05) is 25.5 Å². The van der Waals surface area contributed by atoms with E-state index in [-0.39, 0.29) is 0 Å². The van der Waals surface area contributed by atoms with Crippen molar-refractivity contribution in [3.05, 3.63) is 23.4 Å². The van der Waals surface area contributed by atoms with Gasteiger partial charge in [0, 0.05) is 26.3 Å². The molecule has 2 N–H and O–H groups in total. The molecule has 0 atom stereocenters. The first-order valence-corrected chi connectivity index (χ1v) is 5.87. The second kappa shape index (κ2) is 5.47. The highest BCUT2D eigenvalue weighted by atomic mass is 16.3. The molecule has 0 aliphatic heterocycles. The lowest BCUT2D eigenvalue weighted by Crippen LogP contribution is -2.37. The van der Waals surface area contributed by atoms with Crippen molar-refractivity contribution < 1.29 is 5.11 Å². The summed E-state index contributed by atoms with van der Waals surface area (Å²) in [4.78, 5) is 6.44. The Morgan fingerprint density at radius 3 is 2.59 bits per heavy atom. The summed E-state index contributed by atoms with van der Waals surface area (Å²) >= 11 is 0. The van der Waals surface area contributed by atoms with E-state index in [1.165, 1.54) is 5.56 Å². The van der Waals surface area contributed by atoms with Gasteiger partial charge < -0.3 is 15.3 Å². The van der Waals surface area contributed by atoms with Gasteiger partial charge in [-0.1, -0.05) is 0 Å². The Labute approximate surface area is 104 Å². The van der Waals surface area contributed by atoms with Crippen LogP contribution in [0.25, 0.3) is 0 Å². The number of nitrogens with one attached hydrogen (secondary N) is 1. The van der Waals surface area contributed by atoms with E-state index in [9.17, 15) is 5.11 Å². The first-order valence-electron chi connectivity index (χ1n) is 5.87. The van der Waals surface area contributed by atoms with Crippen LogP contribution in [0.4, 0.5) is 5.82 Å². The van der Waals surface area contributed by atoms with E-state index in [4.69, 9.17) is 0 Å². The highest BCUT2D eigenvalue weighted by Crippen LogP contribution is 2.18. The van der Waals surface area contributed by atoms with Gasteiger partial charge in [0.15, 0.2) is 0 Å². The van der Waals surface area contributed by atoms with Gasteiger partial charge in [-0.25, -0.2) is 4.98 Å². The number of aryl methyl sites for hydroxylation is 1. The van der Waals surface area contributed by atoms with Gasteiger partial charge in [0.05, 0.1) is 5.60 Å². The predicted molar refractivity (Wildman–Crippen MR) is 71.3 cm³/mol. The molecule has 1 aromatic heterocycles. The van der Waals surface area contributed by atoms with Crippen LogP contribution < -0.4 is 10.2 Å². The summed E-state index contributed by atoms with van der Waals surface area (Å²) in [5, 5.41) is 12.9. The van der Waals surface area contributed by atoms with Crippen LogP contribution in [0.3, 0.4) is 0 Å². The molecule has 1 rings (SSSR count). The maximum absolute atomic E-state index is 9.80. The Morgan fingerprint density at radius 2 is 2.12 bits per heavy atom. The Morgan fingerprint density at radius 1 is 1.47 bits per heavy atom. The molecule has 0 amide bonds. The average Bonchev–Trinajstić information content (AvgIpc) is 2.15. The van der Waals surface area contributed by atoms with Crippen LogP contribution in [0.15, 0.2) is 12.3 Å². The van der Waals surface area contributed by atoms with Gasteiger partial charge in [-0.15, -0.1) is 0 Å². The lowest BCUT2D eigenvalue weighted by molar-refractivity contribution is 0.0884. The topological polar surface area (TPSA) is 48.4 Å². The largest absolute Gasteiger partial charge is 0.389 e. The standard InChI is InChI=1S/C13H23N3O/c1-10-6-11(7-14-4)8-15-12(10)16(5)9-13(2,3)17/h6,8,14,17H,7,9H2,1-5H3. The molecule has 0 aliphatic carbocycles. The van der Waals surface area contributed by atoms with Crippen LogP contribution in [0, 0.1) is 6.92 Å². The van der Waals surface area contributed by atoms with Crippen LogP contribution in [0.5, 0.6) is 0 Å². The van der Waals surface area contributed by atoms with Crippen LogP contribution in [0.2, 0.25) is 0 Å². The molecule has 0 saturated carbocycles. The molecule has 0 aliphatic rings. The summed E-state index contributed by atoms with van der Waals surface area (Å²) < 4.78 is 0. The van der Waals surface area contributed by atoms with E-state index < -0.39 is 5.60 Å². The van der Waals surface area contributed by atoms with Gasteiger partial charge in [0.25, 0.3) is 0 Å². The third-order valence-electron chi connectivity index (χ3n) is 2.47. The molecule has 0 radical (unpaired) electrons.